The molecule has 6 heteroatoms. The van der Waals surface area contributed by atoms with Crippen molar-refractivity contribution < 1.29 is 0 Å². The highest BCUT2D eigenvalue weighted by Gasteiger charge is 2.03. The molecule has 0 spiro atoms. The third-order valence-corrected chi connectivity index (χ3v) is 2.56. The summed E-state index contributed by atoms with van der Waals surface area (Å²) in [5, 5.41) is 0.0557. The maximum Gasteiger partial charge on any atom is 0.329 e. The van der Waals surface area contributed by atoms with Crippen molar-refractivity contribution in [2.24, 2.45) is 0 Å². The van der Waals surface area contributed by atoms with Crippen molar-refractivity contribution in [3.63, 3.8) is 0 Å². The summed E-state index contributed by atoms with van der Waals surface area (Å²) in [6.45, 7) is 0.315. The number of aromatic amines is 1. The Morgan fingerprint density at radius 3 is 2.65 bits per heavy atom. The van der Waals surface area contributed by atoms with Crippen molar-refractivity contribution in [2.75, 3.05) is 0 Å². The molecule has 5 nitrogen and oxygen atoms in total. The molecule has 0 aliphatic heterocycles. The van der Waals surface area contributed by atoms with E-state index in [0.29, 0.717) is 13.0 Å². The highest BCUT2D eigenvalue weighted by molar-refractivity contribution is 6.29. The molecular formula is C11H10ClN3O2. The molecule has 88 valence electrons. The highest BCUT2D eigenvalue weighted by atomic mass is 35.5. The van der Waals surface area contributed by atoms with Crippen molar-refractivity contribution in [3.05, 3.63) is 62.1 Å². The number of hydrogen-bond acceptors (Lipinski definition) is 3. The Bertz CT molecular complexity index is 587. The zero-order chi connectivity index (χ0) is 12.3. The Morgan fingerprint density at radius 2 is 2.00 bits per heavy atom. The second-order valence-corrected chi connectivity index (χ2v) is 3.92. The largest absolute Gasteiger partial charge is 0.329 e. The predicted molar refractivity (Wildman–Crippen MR) is 64.3 cm³/mol. The smallest absolute Gasteiger partial charge is 0.298 e. The fourth-order valence-corrected chi connectivity index (χ4v) is 1.67. The van der Waals surface area contributed by atoms with Crippen LogP contribution >= 0.6 is 11.6 Å². The van der Waals surface area contributed by atoms with E-state index >= 15 is 0 Å². The average Bonchev–Trinajstić information content (AvgIpc) is 2.29. The molecule has 0 atom stereocenters. The Balaban J connectivity index is 2.21. The van der Waals surface area contributed by atoms with Gasteiger partial charge in [0.2, 0.25) is 0 Å². The lowest BCUT2D eigenvalue weighted by molar-refractivity contribution is 0.627. The van der Waals surface area contributed by atoms with Gasteiger partial charge in [0.15, 0.2) is 0 Å². The number of aromatic nitrogens is 3. The number of nitrogens with one attached hydrogen (secondary N) is 1. The molecule has 2 aromatic heterocycles. The maximum atomic E-state index is 11.5. The Hall–Kier alpha value is -1.88. The second-order valence-electron chi connectivity index (χ2n) is 3.52. The van der Waals surface area contributed by atoms with E-state index in [4.69, 9.17) is 11.6 Å². The molecule has 0 saturated heterocycles. The summed E-state index contributed by atoms with van der Waals surface area (Å²) in [5.74, 6) is 0. The quantitative estimate of drug-likeness (QED) is 0.822. The fourth-order valence-electron chi connectivity index (χ4n) is 1.49. The normalized spacial score (nSPS) is 10.4. The van der Waals surface area contributed by atoms with Gasteiger partial charge in [-0.3, -0.25) is 19.3 Å². The molecule has 2 rings (SSSR count). The molecule has 0 aliphatic rings. The summed E-state index contributed by atoms with van der Waals surface area (Å²) >= 11 is 5.56. The molecule has 0 fully saturated rings. The summed E-state index contributed by atoms with van der Waals surface area (Å²) in [6.07, 6.45) is 3.93. The van der Waals surface area contributed by atoms with Crippen LogP contribution in [-0.4, -0.2) is 14.5 Å². The van der Waals surface area contributed by atoms with Crippen LogP contribution in [-0.2, 0) is 13.0 Å². The van der Waals surface area contributed by atoms with Crippen molar-refractivity contribution in [1.29, 1.82) is 0 Å². The molecular weight excluding hydrogens is 242 g/mol. The number of nitrogens with zero attached hydrogens (tertiary/aromatic N) is 2. The molecule has 0 unspecified atom stereocenters. The minimum Gasteiger partial charge on any atom is -0.298 e. The first-order chi connectivity index (χ1) is 8.16. The number of halogens is 1. The van der Waals surface area contributed by atoms with Crippen LogP contribution in [0.15, 0.2) is 40.2 Å². The highest BCUT2D eigenvalue weighted by Crippen LogP contribution is 1.99. The van der Waals surface area contributed by atoms with Gasteiger partial charge in [-0.25, -0.2) is 4.79 Å². The van der Waals surface area contributed by atoms with Gasteiger partial charge in [0.25, 0.3) is 5.56 Å². The van der Waals surface area contributed by atoms with E-state index in [1.807, 2.05) is 12.1 Å². The number of aryl methyl sites for hydroxylation is 1. The average molecular weight is 252 g/mol. The molecule has 0 aliphatic carbocycles. The van der Waals surface area contributed by atoms with Crippen molar-refractivity contribution in [3.8, 4) is 0 Å². The standard InChI is InChI=1S/C11H10ClN3O2/c12-9-7-10(16)15(11(17)14-9)6-3-8-1-4-13-5-2-8/h1-2,4-5,7H,3,6H2,(H,14,17). The first-order valence-electron chi connectivity index (χ1n) is 5.05. The minimum atomic E-state index is -0.489. The van der Waals surface area contributed by atoms with Crippen molar-refractivity contribution in [2.45, 2.75) is 13.0 Å². The van der Waals surface area contributed by atoms with Crippen LogP contribution in [0.1, 0.15) is 5.56 Å². The summed E-state index contributed by atoms with van der Waals surface area (Å²) in [5.41, 5.74) is 0.130. The SMILES string of the molecule is O=c1cc(Cl)[nH]c(=O)n1CCc1ccncc1. The van der Waals surface area contributed by atoms with E-state index in [-0.39, 0.29) is 5.15 Å². The van der Waals surface area contributed by atoms with Crippen LogP contribution in [0.5, 0.6) is 0 Å². The molecule has 0 bridgehead atoms. The molecule has 0 aromatic carbocycles. The van der Waals surface area contributed by atoms with Gasteiger partial charge in [-0.05, 0) is 24.1 Å². The molecule has 2 aromatic rings. The molecule has 0 saturated carbocycles. The Kier molecular flexibility index (Phi) is 3.39. The van der Waals surface area contributed by atoms with Gasteiger partial charge >= 0.3 is 5.69 Å². The van der Waals surface area contributed by atoms with Gasteiger partial charge in [-0.1, -0.05) is 11.6 Å². The van der Waals surface area contributed by atoms with Crippen LogP contribution in [0.2, 0.25) is 5.15 Å². The third kappa shape index (κ3) is 2.82. The van der Waals surface area contributed by atoms with Gasteiger partial charge < -0.3 is 0 Å². The lowest BCUT2D eigenvalue weighted by Crippen LogP contribution is -2.35. The zero-order valence-corrected chi connectivity index (χ0v) is 9.65. The molecule has 17 heavy (non-hydrogen) atoms. The lowest BCUT2D eigenvalue weighted by Gasteiger charge is -2.04. The molecule has 2 heterocycles. The summed E-state index contributed by atoms with van der Waals surface area (Å²) in [7, 11) is 0. The monoisotopic (exact) mass is 251 g/mol. The van der Waals surface area contributed by atoms with Crippen molar-refractivity contribution >= 4 is 11.6 Å². The van der Waals surface area contributed by atoms with Gasteiger partial charge in [0.1, 0.15) is 5.15 Å². The van der Waals surface area contributed by atoms with E-state index in [0.717, 1.165) is 10.1 Å². The van der Waals surface area contributed by atoms with E-state index in [9.17, 15) is 9.59 Å². The first-order valence-corrected chi connectivity index (χ1v) is 5.43. The number of hydrogen-bond donors (Lipinski definition) is 1. The molecule has 0 radical (unpaired) electrons. The second kappa shape index (κ2) is 4.97. The van der Waals surface area contributed by atoms with Crippen LogP contribution in [0.3, 0.4) is 0 Å². The maximum absolute atomic E-state index is 11.5. The van der Waals surface area contributed by atoms with Gasteiger partial charge in [0.05, 0.1) is 0 Å². The van der Waals surface area contributed by atoms with E-state index < -0.39 is 11.2 Å². The lowest BCUT2D eigenvalue weighted by atomic mass is 10.2. The summed E-state index contributed by atoms with van der Waals surface area (Å²) < 4.78 is 1.12. The minimum absolute atomic E-state index is 0.0557. The molecule has 1 N–H and O–H groups in total. The Labute approximate surface area is 102 Å². The zero-order valence-electron chi connectivity index (χ0n) is 8.89. The topological polar surface area (TPSA) is 67.8 Å². The van der Waals surface area contributed by atoms with E-state index in [1.165, 1.54) is 6.07 Å². The third-order valence-electron chi connectivity index (χ3n) is 2.36. The first kappa shape index (κ1) is 11.6. The number of rotatable bonds is 3. The van der Waals surface area contributed by atoms with Crippen molar-refractivity contribution in [1.82, 2.24) is 14.5 Å². The fraction of sp³-hybridized carbons (Fsp3) is 0.182. The Morgan fingerprint density at radius 1 is 1.29 bits per heavy atom. The number of H-pyrrole nitrogens is 1. The van der Waals surface area contributed by atoms with Gasteiger partial charge in [-0.2, -0.15) is 0 Å². The van der Waals surface area contributed by atoms with Gasteiger partial charge in [-0.15, -0.1) is 0 Å². The van der Waals surface area contributed by atoms with E-state index in [1.54, 1.807) is 12.4 Å². The molecule has 0 amide bonds. The van der Waals surface area contributed by atoms with Crippen LogP contribution in [0.4, 0.5) is 0 Å². The van der Waals surface area contributed by atoms with Crippen LogP contribution < -0.4 is 11.2 Å². The predicted octanol–water partition coefficient (Wildman–Crippen LogP) is 0.828. The van der Waals surface area contributed by atoms with Gasteiger partial charge in [0, 0.05) is 25.0 Å². The van der Waals surface area contributed by atoms with E-state index in [2.05, 4.69) is 9.97 Å². The van der Waals surface area contributed by atoms with Crippen LogP contribution in [0, 0.1) is 0 Å². The summed E-state index contributed by atoms with van der Waals surface area (Å²) in [4.78, 5) is 29.3. The summed E-state index contributed by atoms with van der Waals surface area (Å²) in [6, 6.07) is 4.87. The number of pyridine rings is 1. The van der Waals surface area contributed by atoms with Crippen LogP contribution in [0.25, 0.3) is 0 Å².